The number of nitrogens with one attached hydrogen (secondary N) is 2. The second-order valence-corrected chi connectivity index (χ2v) is 3.37. The number of amides is 1. The van der Waals surface area contributed by atoms with Crippen LogP contribution in [-0.2, 0) is 0 Å². The molecule has 2 aromatic rings. The number of anilines is 1. The number of aromatic nitrogens is 2. The Bertz CT molecular complexity index is 565. The number of imidazole rings is 1. The van der Waals surface area contributed by atoms with Gasteiger partial charge in [0.25, 0.3) is 5.91 Å². The fourth-order valence-corrected chi connectivity index (χ4v) is 1.36. The number of carbonyl (C=O) groups is 1. The zero-order valence-electron chi connectivity index (χ0n) is 9.32. The molecule has 2 rings (SSSR count). The highest BCUT2D eigenvalue weighted by Gasteiger charge is 2.06. The molecule has 0 spiro atoms. The largest absolute Gasteiger partial charge is 0.341 e. The Kier molecular flexibility index (Phi) is 3.22. The van der Waals surface area contributed by atoms with Crippen LogP contribution < -0.4 is 5.32 Å². The summed E-state index contributed by atoms with van der Waals surface area (Å²) in [6, 6.07) is 7.35. The van der Waals surface area contributed by atoms with Crippen LogP contribution in [-0.4, -0.2) is 15.9 Å². The van der Waals surface area contributed by atoms with Gasteiger partial charge in [0.15, 0.2) is 0 Å². The molecule has 1 aromatic carbocycles. The second kappa shape index (κ2) is 4.99. The van der Waals surface area contributed by atoms with Gasteiger partial charge in [0.1, 0.15) is 5.69 Å². The number of hydrogen-bond acceptors (Lipinski definition) is 2. The van der Waals surface area contributed by atoms with E-state index in [4.69, 9.17) is 0 Å². The van der Waals surface area contributed by atoms with Gasteiger partial charge < -0.3 is 10.3 Å². The van der Waals surface area contributed by atoms with Gasteiger partial charge in [-0.1, -0.05) is 5.92 Å². The normalized spacial score (nSPS) is 9.24. The molecule has 17 heavy (non-hydrogen) atoms. The molecule has 4 nitrogen and oxygen atoms in total. The highest BCUT2D eigenvalue weighted by molar-refractivity contribution is 6.02. The SMILES string of the molecule is CC#Cc1ccc(NC(=O)c2cnc[nH]2)cc1.[HH]. The molecule has 1 aromatic heterocycles. The van der Waals surface area contributed by atoms with Crippen LogP contribution in [0.1, 0.15) is 24.4 Å². The molecule has 0 aliphatic rings. The molecule has 0 atom stereocenters. The third kappa shape index (κ3) is 2.73. The van der Waals surface area contributed by atoms with Gasteiger partial charge in [-0.15, -0.1) is 5.92 Å². The maximum atomic E-state index is 11.7. The van der Waals surface area contributed by atoms with Gasteiger partial charge in [0.05, 0.1) is 12.5 Å². The number of rotatable bonds is 2. The minimum atomic E-state index is -0.211. The zero-order valence-corrected chi connectivity index (χ0v) is 9.32. The highest BCUT2D eigenvalue weighted by Crippen LogP contribution is 2.09. The maximum Gasteiger partial charge on any atom is 0.273 e. The standard InChI is InChI=1S/C13H11N3O.H2/c1-2-3-10-4-6-11(7-5-10)16-13(17)12-8-14-9-15-12;/h4-9H,1H3,(H,14,15)(H,16,17);1H. The molecule has 0 aliphatic heterocycles. The number of benzene rings is 1. The lowest BCUT2D eigenvalue weighted by molar-refractivity contribution is 0.102. The van der Waals surface area contributed by atoms with Crippen LogP contribution in [0.2, 0.25) is 0 Å². The van der Waals surface area contributed by atoms with Crippen molar-refractivity contribution in [2.75, 3.05) is 5.32 Å². The van der Waals surface area contributed by atoms with Gasteiger partial charge >= 0.3 is 0 Å². The first-order chi connectivity index (χ1) is 8.29. The molecule has 4 heteroatoms. The van der Waals surface area contributed by atoms with E-state index in [9.17, 15) is 4.79 Å². The van der Waals surface area contributed by atoms with Crippen molar-refractivity contribution in [3.8, 4) is 11.8 Å². The summed E-state index contributed by atoms with van der Waals surface area (Å²) >= 11 is 0. The summed E-state index contributed by atoms with van der Waals surface area (Å²) in [7, 11) is 0. The Morgan fingerprint density at radius 3 is 2.76 bits per heavy atom. The first-order valence-corrected chi connectivity index (χ1v) is 5.12. The summed E-state index contributed by atoms with van der Waals surface area (Å²) in [4.78, 5) is 18.2. The summed E-state index contributed by atoms with van der Waals surface area (Å²) in [5, 5.41) is 2.76. The van der Waals surface area contributed by atoms with Crippen molar-refractivity contribution < 1.29 is 6.22 Å². The minimum Gasteiger partial charge on any atom is -0.341 e. The van der Waals surface area contributed by atoms with Crippen LogP contribution in [0.3, 0.4) is 0 Å². The quantitative estimate of drug-likeness (QED) is 0.773. The number of carbonyl (C=O) groups excluding carboxylic acids is 1. The summed E-state index contributed by atoms with van der Waals surface area (Å²) in [5.74, 6) is 5.54. The molecular weight excluding hydrogens is 214 g/mol. The van der Waals surface area contributed by atoms with Crippen LogP contribution in [0.25, 0.3) is 0 Å². The highest BCUT2D eigenvalue weighted by atomic mass is 16.1. The van der Waals surface area contributed by atoms with Gasteiger partial charge in [-0.3, -0.25) is 4.79 Å². The van der Waals surface area contributed by atoms with Crippen molar-refractivity contribution >= 4 is 11.6 Å². The third-order valence-electron chi connectivity index (χ3n) is 2.15. The number of H-pyrrole nitrogens is 1. The van der Waals surface area contributed by atoms with Crippen molar-refractivity contribution in [2.45, 2.75) is 6.92 Å². The van der Waals surface area contributed by atoms with Crippen molar-refractivity contribution in [1.82, 2.24) is 9.97 Å². The Hall–Kier alpha value is -2.54. The van der Waals surface area contributed by atoms with E-state index in [-0.39, 0.29) is 7.33 Å². The Balaban J connectivity index is 0.00000162. The van der Waals surface area contributed by atoms with Crippen molar-refractivity contribution in [2.24, 2.45) is 0 Å². The van der Waals surface area contributed by atoms with E-state index < -0.39 is 0 Å². The van der Waals surface area contributed by atoms with E-state index in [0.717, 1.165) is 11.3 Å². The fraction of sp³-hybridized carbons (Fsp3) is 0.0769. The molecule has 0 unspecified atom stereocenters. The molecule has 0 saturated carbocycles. The monoisotopic (exact) mass is 227 g/mol. The lowest BCUT2D eigenvalue weighted by Crippen LogP contribution is -2.12. The predicted molar refractivity (Wildman–Crippen MR) is 67.6 cm³/mol. The number of hydrogen-bond donors (Lipinski definition) is 2. The number of nitrogens with zero attached hydrogens (tertiary/aromatic N) is 1. The van der Waals surface area contributed by atoms with E-state index >= 15 is 0 Å². The first-order valence-electron chi connectivity index (χ1n) is 5.12. The second-order valence-electron chi connectivity index (χ2n) is 3.37. The van der Waals surface area contributed by atoms with Gasteiger partial charge in [0.2, 0.25) is 0 Å². The van der Waals surface area contributed by atoms with Gasteiger partial charge in [0, 0.05) is 12.7 Å². The maximum absolute atomic E-state index is 11.7. The third-order valence-corrected chi connectivity index (χ3v) is 2.15. The summed E-state index contributed by atoms with van der Waals surface area (Å²) in [6.07, 6.45) is 2.95. The molecule has 86 valence electrons. The van der Waals surface area contributed by atoms with E-state index in [1.807, 2.05) is 24.3 Å². The van der Waals surface area contributed by atoms with Crippen LogP contribution in [0.4, 0.5) is 5.69 Å². The van der Waals surface area contributed by atoms with Crippen molar-refractivity contribution in [3.05, 3.63) is 48.0 Å². The van der Waals surface area contributed by atoms with Crippen LogP contribution in [0.5, 0.6) is 0 Å². The van der Waals surface area contributed by atoms with E-state index in [1.165, 1.54) is 12.5 Å². The first kappa shape index (κ1) is 11.0. The smallest absolute Gasteiger partial charge is 0.273 e. The molecule has 0 fully saturated rings. The van der Waals surface area contributed by atoms with Gasteiger partial charge in [-0.2, -0.15) is 0 Å². The topological polar surface area (TPSA) is 57.8 Å². The molecular formula is C13H13N3O. The summed E-state index contributed by atoms with van der Waals surface area (Å²) < 4.78 is 0. The molecule has 1 amide bonds. The molecule has 0 radical (unpaired) electrons. The van der Waals surface area contributed by atoms with E-state index in [0.29, 0.717) is 5.69 Å². The van der Waals surface area contributed by atoms with Crippen LogP contribution >= 0.6 is 0 Å². The van der Waals surface area contributed by atoms with E-state index in [2.05, 4.69) is 27.1 Å². The number of aromatic amines is 1. The van der Waals surface area contributed by atoms with Crippen molar-refractivity contribution in [3.63, 3.8) is 0 Å². The predicted octanol–water partition coefficient (Wildman–Crippen LogP) is 2.28. The summed E-state index contributed by atoms with van der Waals surface area (Å²) in [6.45, 7) is 1.79. The average molecular weight is 227 g/mol. The average Bonchev–Trinajstić information content (AvgIpc) is 2.86. The minimum absolute atomic E-state index is 0. The Morgan fingerprint density at radius 2 is 2.18 bits per heavy atom. The summed E-state index contributed by atoms with van der Waals surface area (Å²) in [5.41, 5.74) is 2.08. The Morgan fingerprint density at radius 1 is 1.41 bits per heavy atom. The molecule has 2 N–H and O–H groups in total. The van der Waals surface area contributed by atoms with Crippen LogP contribution in [0.15, 0.2) is 36.8 Å². The molecule has 0 saturated heterocycles. The lowest BCUT2D eigenvalue weighted by atomic mass is 10.2. The van der Waals surface area contributed by atoms with Gasteiger partial charge in [-0.25, -0.2) is 4.98 Å². The zero-order chi connectivity index (χ0) is 12.1. The van der Waals surface area contributed by atoms with Crippen LogP contribution in [0, 0.1) is 11.8 Å². The lowest BCUT2D eigenvalue weighted by Gasteiger charge is -2.03. The fourth-order valence-electron chi connectivity index (χ4n) is 1.36. The molecule has 1 heterocycles. The van der Waals surface area contributed by atoms with E-state index in [1.54, 1.807) is 6.92 Å². The molecule has 0 bridgehead atoms. The van der Waals surface area contributed by atoms with Gasteiger partial charge in [-0.05, 0) is 31.2 Å². The Labute approximate surface area is 101 Å². The molecule has 0 aliphatic carbocycles. The van der Waals surface area contributed by atoms with Crippen molar-refractivity contribution in [1.29, 1.82) is 0 Å².